The van der Waals surface area contributed by atoms with Gasteiger partial charge in [0.15, 0.2) is 0 Å². The predicted molar refractivity (Wildman–Crippen MR) is 55.5 cm³/mol. The molecule has 0 saturated carbocycles. The van der Waals surface area contributed by atoms with Crippen molar-refractivity contribution in [1.29, 1.82) is 0 Å². The largest absolute Gasteiger partial charge is 0.372 e. The van der Waals surface area contributed by atoms with E-state index in [0.29, 0.717) is 24.6 Å². The van der Waals surface area contributed by atoms with Crippen LogP contribution in [0.25, 0.3) is 0 Å². The lowest BCUT2D eigenvalue weighted by molar-refractivity contribution is -0.140. The summed E-state index contributed by atoms with van der Waals surface area (Å²) in [5, 5.41) is 0. The summed E-state index contributed by atoms with van der Waals surface area (Å²) >= 11 is 0. The van der Waals surface area contributed by atoms with Gasteiger partial charge in [0.2, 0.25) is 0 Å². The number of hydrogen-bond donors (Lipinski definition) is 0. The van der Waals surface area contributed by atoms with Gasteiger partial charge in [0.1, 0.15) is 6.10 Å². The fourth-order valence-electron chi connectivity index (χ4n) is 1.42. The van der Waals surface area contributed by atoms with Gasteiger partial charge in [0, 0.05) is 42.5 Å². The molecule has 0 aromatic carbocycles. The number of rotatable bonds is 2. The SMILES string of the molecule is COC(C)C(=O)N1CCCS(=O)CC1. The maximum atomic E-state index is 11.7. The van der Waals surface area contributed by atoms with E-state index in [9.17, 15) is 9.00 Å². The van der Waals surface area contributed by atoms with Crippen LogP contribution in [0.15, 0.2) is 0 Å². The molecule has 5 heteroatoms. The Labute approximate surface area is 87.1 Å². The first-order valence-corrected chi connectivity index (χ1v) is 6.30. The molecule has 1 heterocycles. The summed E-state index contributed by atoms with van der Waals surface area (Å²) in [5.74, 6) is 1.32. The van der Waals surface area contributed by atoms with Crippen LogP contribution in [0.5, 0.6) is 0 Å². The molecule has 0 aliphatic carbocycles. The Morgan fingerprint density at radius 2 is 2.14 bits per heavy atom. The molecule has 14 heavy (non-hydrogen) atoms. The third-order valence-corrected chi connectivity index (χ3v) is 3.78. The summed E-state index contributed by atoms with van der Waals surface area (Å²) in [6.45, 7) is 3.04. The summed E-state index contributed by atoms with van der Waals surface area (Å²) in [6, 6.07) is 0. The molecular formula is C9H17NO3S. The summed E-state index contributed by atoms with van der Waals surface area (Å²) in [5.41, 5.74) is 0. The number of carbonyl (C=O) groups is 1. The van der Waals surface area contributed by atoms with Crippen molar-refractivity contribution in [2.75, 3.05) is 31.7 Å². The van der Waals surface area contributed by atoms with E-state index in [4.69, 9.17) is 4.74 Å². The van der Waals surface area contributed by atoms with Crippen LogP contribution in [0, 0.1) is 0 Å². The van der Waals surface area contributed by atoms with Gasteiger partial charge in [-0.2, -0.15) is 0 Å². The lowest BCUT2D eigenvalue weighted by Gasteiger charge is -2.22. The van der Waals surface area contributed by atoms with E-state index in [1.54, 1.807) is 11.8 Å². The van der Waals surface area contributed by atoms with E-state index in [1.807, 2.05) is 0 Å². The second kappa shape index (κ2) is 5.46. The number of hydrogen-bond acceptors (Lipinski definition) is 3. The van der Waals surface area contributed by atoms with Crippen LogP contribution in [0.2, 0.25) is 0 Å². The first kappa shape index (κ1) is 11.7. The van der Waals surface area contributed by atoms with Gasteiger partial charge in [-0.05, 0) is 13.3 Å². The summed E-state index contributed by atoms with van der Waals surface area (Å²) in [7, 11) is 0.782. The number of methoxy groups -OCH3 is 1. The molecule has 0 radical (unpaired) electrons. The molecule has 2 unspecified atom stereocenters. The fraction of sp³-hybridized carbons (Fsp3) is 0.889. The number of nitrogens with zero attached hydrogens (tertiary/aromatic N) is 1. The van der Waals surface area contributed by atoms with Crippen LogP contribution in [-0.2, 0) is 20.3 Å². The van der Waals surface area contributed by atoms with Gasteiger partial charge in [-0.25, -0.2) is 0 Å². The Hall–Kier alpha value is -0.420. The van der Waals surface area contributed by atoms with Crippen LogP contribution >= 0.6 is 0 Å². The Morgan fingerprint density at radius 1 is 1.43 bits per heavy atom. The quantitative estimate of drug-likeness (QED) is 0.657. The van der Waals surface area contributed by atoms with E-state index >= 15 is 0 Å². The average Bonchev–Trinajstić information content (AvgIpc) is 2.40. The smallest absolute Gasteiger partial charge is 0.251 e. The van der Waals surface area contributed by atoms with E-state index in [0.717, 1.165) is 6.42 Å². The highest BCUT2D eigenvalue weighted by Crippen LogP contribution is 2.05. The average molecular weight is 219 g/mol. The fourth-order valence-corrected chi connectivity index (χ4v) is 2.50. The Balaban J connectivity index is 2.51. The van der Waals surface area contributed by atoms with Crippen LogP contribution < -0.4 is 0 Å². The maximum Gasteiger partial charge on any atom is 0.251 e. The van der Waals surface area contributed by atoms with Crippen LogP contribution in [0.1, 0.15) is 13.3 Å². The van der Waals surface area contributed by atoms with Crippen molar-refractivity contribution in [3.05, 3.63) is 0 Å². The standard InChI is InChI=1S/C9H17NO3S/c1-8(13-2)9(11)10-4-3-6-14(12)7-5-10/h8H,3-7H2,1-2H3. The normalized spacial score (nSPS) is 25.6. The molecule has 0 aromatic rings. The summed E-state index contributed by atoms with van der Waals surface area (Å²) in [4.78, 5) is 13.4. The summed E-state index contributed by atoms with van der Waals surface area (Å²) < 4.78 is 16.2. The van der Waals surface area contributed by atoms with Gasteiger partial charge in [-0.3, -0.25) is 9.00 Å². The molecule has 2 atom stereocenters. The molecule has 1 aliphatic heterocycles. The van der Waals surface area contributed by atoms with Crippen molar-refractivity contribution in [3.8, 4) is 0 Å². The zero-order valence-electron chi connectivity index (χ0n) is 8.69. The molecule has 0 bridgehead atoms. The molecule has 0 aromatic heterocycles. The zero-order chi connectivity index (χ0) is 10.6. The number of carbonyl (C=O) groups excluding carboxylic acids is 1. The van der Waals surface area contributed by atoms with Gasteiger partial charge in [0.25, 0.3) is 5.91 Å². The van der Waals surface area contributed by atoms with Crippen LogP contribution in [0.3, 0.4) is 0 Å². The highest BCUT2D eigenvalue weighted by Gasteiger charge is 2.22. The second-order valence-electron chi connectivity index (χ2n) is 3.40. The van der Waals surface area contributed by atoms with Gasteiger partial charge >= 0.3 is 0 Å². The Bertz CT molecular complexity index is 232. The highest BCUT2D eigenvalue weighted by atomic mass is 32.2. The first-order chi connectivity index (χ1) is 6.65. The molecular weight excluding hydrogens is 202 g/mol. The molecule has 1 saturated heterocycles. The summed E-state index contributed by atoms with van der Waals surface area (Å²) in [6.07, 6.45) is 0.441. The van der Waals surface area contributed by atoms with Gasteiger partial charge in [-0.15, -0.1) is 0 Å². The monoisotopic (exact) mass is 219 g/mol. The minimum Gasteiger partial charge on any atom is -0.372 e. The Morgan fingerprint density at radius 3 is 2.79 bits per heavy atom. The maximum absolute atomic E-state index is 11.7. The van der Waals surface area contributed by atoms with E-state index < -0.39 is 10.8 Å². The molecule has 1 amide bonds. The van der Waals surface area contributed by atoms with Crippen LogP contribution in [0.4, 0.5) is 0 Å². The lowest BCUT2D eigenvalue weighted by Crippen LogP contribution is -2.40. The number of amides is 1. The molecule has 1 rings (SSSR count). The zero-order valence-corrected chi connectivity index (χ0v) is 9.51. The topological polar surface area (TPSA) is 46.6 Å². The minimum atomic E-state index is -0.745. The van der Waals surface area contributed by atoms with Crippen molar-refractivity contribution >= 4 is 16.7 Å². The molecule has 1 fully saturated rings. The highest BCUT2D eigenvalue weighted by molar-refractivity contribution is 7.85. The second-order valence-corrected chi connectivity index (χ2v) is 5.10. The van der Waals surface area contributed by atoms with Gasteiger partial charge in [0.05, 0.1) is 0 Å². The van der Waals surface area contributed by atoms with E-state index in [2.05, 4.69) is 0 Å². The Kier molecular flexibility index (Phi) is 4.54. The molecule has 4 nitrogen and oxygen atoms in total. The van der Waals surface area contributed by atoms with Crippen molar-refractivity contribution in [3.63, 3.8) is 0 Å². The first-order valence-electron chi connectivity index (χ1n) is 4.81. The van der Waals surface area contributed by atoms with E-state index in [1.165, 1.54) is 7.11 Å². The van der Waals surface area contributed by atoms with E-state index in [-0.39, 0.29) is 12.0 Å². The molecule has 0 N–H and O–H groups in total. The number of ether oxygens (including phenoxy) is 1. The van der Waals surface area contributed by atoms with Crippen molar-refractivity contribution in [2.24, 2.45) is 0 Å². The predicted octanol–water partition coefficient (Wildman–Crippen LogP) is 0.00230. The molecule has 0 spiro atoms. The van der Waals surface area contributed by atoms with Crippen molar-refractivity contribution in [1.82, 2.24) is 4.90 Å². The van der Waals surface area contributed by atoms with Crippen molar-refractivity contribution < 1.29 is 13.7 Å². The van der Waals surface area contributed by atoms with Crippen molar-refractivity contribution in [2.45, 2.75) is 19.4 Å². The third kappa shape index (κ3) is 3.06. The van der Waals surface area contributed by atoms with Crippen LogP contribution in [-0.4, -0.2) is 52.8 Å². The molecule has 82 valence electrons. The van der Waals surface area contributed by atoms with Gasteiger partial charge < -0.3 is 9.64 Å². The van der Waals surface area contributed by atoms with Gasteiger partial charge in [-0.1, -0.05) is 0 Å². The molecule has 1 aliphatic rings. The third-order valence-electron chi connectivity index (χ3n) is 2.40. The lowest BCUT2D eigenvalue weighted by atomic mass is 10.3. The minimum absolute atomic E-state index is 0.00593.